The minimum Gasteiger partial charge on any atom is -0.486 e. The molecule has 2 aromatic rings. The molecule has 2 heterocycles. The van der Waals surface area contributed by atoms with Gasteiger partial charge in [-0.15, -0.1) is 0 Å². The van der Waals surface area contributed by atoms with Crippen molar-refractivity contribution in [3.8, 4) is 5.75 Å². The number of nitrogens with zero attached hydrogens (tertiary/aromatic N) is 1. The summed E-state index contributed by atoms with van der Waals surface area (Å²) in [5.41, 5.74) is 8.50. The van der Waals surface area contributed by atoms with Gasteiger partial charge in [0.15, 0.2) is 0 Å². The number of hydrogen-bond donors (Lipinski definition) is 1. The van der Waals surface area contributed by atoms with Gasteiger partial charge in [0.1, 0.15) is 12.0 Å². The van der Waals surface area contributed by atoms with Gasteiger partial charge < -0.3 is 14.9 Å². The van der Waals surface area contributed by atoms with Gasteiger partial charge >= 0.3 is 0 Å². The van der Waals surface area contributed by atoms with Gasteiger partial charge in [0.2, 0.25) is 11.2 Å². The zero-order valence-electron chi connectivity index (χ0n) is 14.3. The fraction of sp³-hybridized carbons (Fsp3) is 0.450. The van der Waals surface area contributed by atoms with E-state index in [1.165, 1.54) is 17.4 Å². The quantitative estimate of drug-likeness (QED) is 0.906. The van der Waals surface area contributed by atoms with Gasteiger partial charge in [-0.3, -0.25) is 9.69 Å². The topological polar surface area (TPSA) is 68.7 Å². The zero-order valence-corrected chi connectivity index (χ0v) is 14.3. The zero-order chi connectivity index (χ0) is 17.2. The molecule has 0 radical (unpaired) electrons. The smallest absolute Gasteiger partial charge is 0.227 e. The number of rotatable bonds is 5. The van der Waals surface area contributed by atoms with E-state index >= 15 is 0 Å². The number of fused-ring (bicyclic) bond motifs is 1. The van der Waals surface area contributed by atoms with Crippen molar-refractivity contribution >= 4 is 0 Å². The maximum Gasteiger partial charge on any atom is 0.227 e. The molecular formula is C20H24N2O3. The average molecular weight is 340 g/mol. The molecule has 1 aromatic heterocycles. The third-order valence-electron chi connectivity index (χ3n) is 5.19. The SMILES string of the molecule is NC1CCC(COc2coc(CN3Cc4ccccc4C3)cc2=O)C1. The minimum atomic E-state index is -0.111. The average Bonchev–Trinajstić information content (AvgIpc) is 3.19. The largest absolute Gasteiger partial charge is 0.486 e. The standard InChI is InChI=1S/C20H24N2O3/c21-17-6-5-14(7-17)12-25-20-13-24-18(8-19(20)23)11-22-9-15-3-1-2-4-16(15)10-22/h1-4,8,13-14,17H,5-7,9-12,21H2. The normalized spacial score (nSPS) is 22.9. The van der Waals surface area contributed by atoms with Crippen molar-refractivity contribution < 1.29 is 9.15 Å². The molecule has 0 spiro atoms. The van der Waals surface area contributed by atoms with E-state index in [9.17, 15) is 4.79 Å². The van der Waals surface area contributed by atoms with E-state index in [2.05, 4.69) is 29.2 Å². The molecule has 0 bridgehead atoms. The van der Waals surface area contributed by atoms with E-state index in [1.807, 2.05) is 0 Å². The molecule has 0 saturated heterocycles. The summed E-state index contributed by atoms with van der Waals surface area (Å²) in [4.78, 5) is 14.5. The Morgan fingerprint density at radius 1 is 1.20 bits per heavy atom. The number of ether oxygens (including phenoxy) is 1. The molecule has 0 amide bonds. The van der Waals surface area contributed by atoms with Crippen LogP contribution in [0.5, 0.6) is 5.75 Å². The molecule has 5 nitrogen and oxygen atoms in total. The minimum absolute atomic E-state index is 0.111. The molecule has 2 unspecified atom stereocenters. The first-order valence-corrected chi connectivity index (χ1v) is 8.96. The fourth-order valence-electron chi connectivity index (χ4n) is 3.84. The van der Waals surface area contributed by atoms with Crippen LogP contribution in [0.25, 0.3) is 0 Å². The lowest BCUT2D eigenvalue weighted by Gasteiger charge is -2.14. The molecule has 1 aromatic carbocycles. The van der Waals surface area contributed by atoms with Crippen LogP contribution >= 0.6 is 0 Å². The van der Waals surface area contributed by atoms with Crippen molar-refractivity contribution in [2.24, 2.45) is 11.7 Å². The van der Waals surface area contributed by atoms with Gasteiger partial charge in [-0.2, -0.15) is 0 Å². The van der Waals surface area contributed by atoms with Crippen molar-refractivity contribution in [2.75, 3.05) is 6.61 Å². The van der Waals surface area contributed by atoms with E-state index in [4.69, 9.17) is 14.9 Å². The lowest BCUT2D eigenvalue weighted by atomic mass is 10.1. The van der Waals surface area contributed by atoms with Crippen LogP contribution < -0.4 is 15.9 Å². The monoisotopic (exact) mass is 340 g/mol. The van der Waals surface area contributed by atoms with E-state index in [0.717, 1.165) is 32.4 Å². The molecule has 2 N–H and O–H groups in total. The summed E-state index contributed by atoms with van der Waals surface area (Å²) < 4.78 is 11.3. The third kappa shape index (κ3) is 3.78. The van der Waals surface area contributed by atoms with Crippen LogP contribution in [0.4, 0.5) is 0 Å². The Kier molecular flexibility index (Phi) is 4.59. The Morgan fingerprint density at radius 3 is 2.60 bits per heavy atom. The lowest BCUT2D eigenvalue weighted by molar-refractivity contribution is 0.229. The van der Waals surface area contributed by atoms with Crippen molar-refractivity contribution in [1.29, 1.82) is 0 Å². The highest BCUT2D eigenvalue weighted by Gasteiger charge is 2.23. The summed E-state index contributed by atoms with van der Waals surface area (Å²) in [5, 5.41) is 0. The van der Waals surface area contributed by atoms with Crippen LogP contribution in [-0.4, -0.2) is 17.5 Å². The maximum atomic E-state index is 12.3. The molecule has 2 aliphatic rings. The predicted molar refractivity (Wildman–Crippen MR) is 95.2 cm³/mol. The molecule has 1 aliphatic heterocycles. The Labute approximate surface area is 147 Å². The molecule has 25 heavy (non-hydrogen) atoms. The van der Waals surface area contributed by atoms with Gasteiger partial charge in [0, 0.05) is 25.2 Å². The van der Waals surface area contributed by atoms with Gasteiger partial charge in [0.05, 0.1) is 13.2 Å². The first-order chi connectivity index (χ1) is 12.2. The summed E-state index contributed by atoms with van der Waals surface area (Å²) >= 11 is 0. The summed E-state index contributed by atoms with van der Waals surface area (Å²) in [6.45, 7) is 2.95. The first-order valence-electron chi connectivity index (χ1n) is 8.96. The van der Waals surface area contributed by atoms with E-state index in [0.29, 0.717) is 30.6 Å². The van der Waals surface area contributed by atoms with Gasteiger partial charge in [-0.25, -0.2) is 0 Å². The maximum absolute atomic E-state index is 12.3. The number of nitrogens with two attached hydrogens (primary N) is 1. The summed E-state index contributed by atoms with van der Waals surface area (Å²) in [6, 6.07) is 10.3. The summed E-state index contributed by atoms with van der Waals surface area (Å²) in [5.74, 6) is 1.42. The van der Waals surface area contributed by atoms with Gasteiger partial charge in [-0.1, -0.05) is 24.3 Å². The molecular weight excluding hydrogens is 316 g/mol. The molecule has 1 saturated carbocycles. The Bertz CT molecular complexity index is 777. The lowest BCUT2D eigenvalue weighted by Crippen LogP contribution is -2.19. The summed E-state index contributed by atoms with van der Waals surface area (Å²) in [6.07, 6.45) is 4.54. The van der Waals surface area contributed by atoms with Crippen molar-refractivity contribution in [1.82, 2.24) is 4.90 Å². The molecule has 4 rings (SSSR count). The van der Waals surface area contributed by atoms with Gasteiger partial charge in [0.25, 0.3) is 0 Å². The third-order valence-corrected chi connectivity index (χ3v) is 5.19. The second-order valence-corrected chi connectivity index (χ2v) is 7.24. The van der Waals surface area contributed by atoms with Crippen molar-refractivity contribution in [2.45, 2.75) is 44.9 Å². The number of hydrogen-bond acceptors (Lipinski definition) is 5. The fourth-order valence-corrected chi connectivity index (χ4v) is 3.84. The molecule has 1 aliphatic carbocycles. The second kappa shape index (κ2) is 7.02. The Hall–Kier alpha value is -2.11. The summed E-state index contributed by atoms with van der Waals surface area (Å²) in [7, 11) is 0. The molecule has 132 valence electrons. The highest BCUT2D eigenvalue weighted by atomic mass is 16.5. The van der Waals surface area contributed by atoms with Crippen LogP contribution in [0.2, 0.25) is 0 Å². The first kappa shape index (κ1) is 16.4. The highest BCUT2D eigenvalue weighted by Crippen LogP contribution is 2.25. The van der Waals surface area contributed by atoms with E-state index in [1.54, 1.807) is 6.07 Å². The van der Waals surface area contributed by atoms with Gasteiger partial charge in [-0.05, 0) is 36.3 Å². The second-order valence-electron chi connectivity index (χ2n) is 7.24. The Morgan fingerprint density at radius 2 is 1.96 bits per heavy atom. The Balaban J connectivity index is 1.35. The van der Waals surface area contributed by atoms with Crippen LogP contribution in [0.1, 0.15) is 36.1 Å². The number of benzene rings is 1. The molecule has 2 atom stereocenters. The molecule has 1 fully saturated rings. The van der Waals surface area contributed by atoms with Crippen LogP contribution in [-0.2, 0) is 19.6 Å². The van der Waals surface area contributed by atoms with E-state index in [-0.39, 0.29) is 11.5 Å². The predicted octanol–water partition coefficient (Wildman–Crippen LogP) is 2.66. The van der Waals surface area contributed by atoms with Crippen LogP contribution in [0.3, 0.4) is 0 Å². The van der Waals surface area contributed by atoms with Crippen molar-refractivity contribution in [3.05, 3.63) is 63.7 Å². The van der Waals surface area contributed by atoms with Crippen LogP contribution in [0, 0.1) is 5.92 Å². The van der Waals surface area contributed by atoms with Crippen molar-refractivity contribution in [3.63, 3.8) is 0 Å². The van der Waals surface area contributed by atoms with E-state index < -0.39 is 0 Å². The molecule has 5 heteroatoms. The van der Waals surface area contributed by atoms with Crippen LogP contribution in [0.15, 0.2) is 45.8 Å². The highest BCUT2D eigenvalue weighted by molar-refractivity contribution is 5.30.